The van der Waals surface area contributed by atoms with Crippen molar-refractivity contribution in [3.05, 3.63) is 11.4 Å². The van der Waals surface area contributed by atoms with Crippen LogP contribution in [0.4, 0.5) is 0 Å². The van der Waals surface area contributed by atoms with Crippen molar-refractivity contribution in [1.82, 2.24) is 15.5 Å². The predicted molar refractivity (Wildman–Crippen MR) is 276 cm³/mol. The smallest absolute Gasteiger partial charge is 0.323 e. The van der Waals surface area contributed by atoms with Crippen LogP contribution in [-0.4, -0.2) is 94.3 Å². The summed E-state index contributed by atoms with van der Waals surface area (Å²) >= 11 is 0. The van der Waals surface area contributed by atoms with E-state index in [2.05, 4.69) is 43.2 Å². The monoisotopic (exact) mass is 948 g/mol. The van der Waals surface area contributed by atoms with Gasteiger partial charge in [0.25, 0.3) is 0 Å². The first kappa shape index (κ1) is 62.4. The number of esters is 3. The third-order valence-electron chi connectivity index (χ3n) is 13.5. The highest BCUT2D eigenvalue weighted by molar-refractivity contribution is 5.99. The number of likely N-dealkylation sites (N-methyl/N-ethyl adjacent to an activating group) is 1. The first-order chi connectivity index (χ1) is 32.7. The van der Waals surface area contributed by atoms with Crippen molar-refractivity contribution < 1.29 is 38.1 Å². The molecule has 0 aromatic carbocycles. The van der Waals surface area contributed by atoms with Gasteiger partial charge in [0.1, 0.15) is 18.4 Å². The molecule has 1 aliphatic rings. The Morgan fingerprint density at radius 2 is 1.03 bits per heavy atom. The average Bonchev–Trinajstić information content (AvgIpc) is 3.32. The van der Waals surface area contributed by atoms with Crippen LogP contribution in [-0.2, 0) is 38.1 Å². The van der Waals surface area contributed by atoms with E-state index >= 15 is 0 Å². The van der Waals surface area contributed by atoms with Gasteiger partial charge in [-0.2, -0.15) is 0 Å². The Bertz CT molecular complexity index is 1230. The number of Topliss-reactive ketones (excluding diaryl/α,β-unsaturated/α-hetero) is 1. The van der Waals surface area contributed by atoms with E-state index in [-0.39, 0.29) is 24.5 Å². The molecule has 0 fully saturated rings. The fourth-order valence-electron chi connectivity index (χ4n) is 8.92. The maximum Gasteiger partial charge on any atom is 0.323 e. The van der Waals surface area contributed by atoms with E-state index in [4.69, 9.17) is 18.9 Å². The molecule has 0 aliphatic carbocycles. The third kappa shape index (κ3) is 32.0. The minimum absolute atomic E-state index is 0.0121. The second-order valence-corrected chi connectivity index (χ2v) is 19.8. The number of nitrogens with one attached hydrogen (secondary N) is 2. The van der Waals surface area contributed by atoms with Crippen molar-refractivity contribution in [2.24, 2.45) is 5.41 Å². The van der Waals surface area contributed by atoms with E-state index in [1.807, 2.05) is 7.05 Å². The number of ether oxygens (including phenoxy) is 4. The van der Waals surface area contributed by atoms with E-state index in [9.17, 15) is 19.2 Å². The van der Waals surface area contributed by atoms with Gasteiger partial charge in [0.05, 0.1) is 25.5 Å². The first-order valence-electron chi connectivity index (χ1n) is 28.2. The highest BCUT2D eigenvalue weighted by Gasteiger charge is 2.43. The molecular weight excluding hydrogens is 843 g/mol. The van der Waals surface area contributed by atoms with Crippen LogP contribution in [0.1, 0.15) is 253 Å². The van der Waals surface area contributed by atoms with Gasteiger partial charge in [-0.05, 0) is 97.2 Å². The van der Waals surface area contributed by atoms with Crippen LogP contribution in [0.25, 0.3) is 0 Å². The lowest BCUT2D eigenvalue weighted by atomic mass is 9.84. The lowest BCUT2D eigenvalue weighted by Crippen LogP contribution is -2.39. The summed E-state index contributed by atoms with van der Waals surface area (Å²) < 4.78 is 22.8. The van der Waals surface area contributed by atoms with Crippen molar-refractivity contribution in [1.29, 1.82) is 0 Å². The van der Waals surface area contributed by atoms with Crippen molar-refractivity contribution in [2.45, 2.75) is 259 Å². The van der Waals surface area contributed by atoms with E-state index in [0.717, 1.165) is 167 Å². The molecule has 1 rings (SSSR count). The summed E-state index contributed by atoms with van der Waals surface area (Å²) in [6.45, 7) is 15.4. The molecule has 2 N–H and O–H groups in total. The van der Waals surface area contributed by atoms with Gasteiger partial charge in [-0.3, -0.25) is 19.2 Å². The summed E-state index contributed by atoms with van der Waals surface area (Å²) in [5, 5.41) is 6.49. The van der Waals surface area contributed by atoms with Crippen LogP contribution in [0, 0.1) is 5.41 Å². The minimum atomic E-state index is -1.29. The van der Waals surface area contributed by atoms with Crippen LogP contribution in [0.15, 0.2) is 11.4 Å². The Morgan fingerprint density at radius 1 is 0.582 bits per heavy atom. The topological polar surface area (TPSA) is 132 Å². The fourth-order valence-corrected chi connectivity index (χ4v) is 8.92. The van der Waals surface area contributed by atoms with Gasteiger partial charge in [-0.1, -0.05) is 169 Å². The maximum atomic E-state index is 13.4. The number of unbranched alkanes of at least 4 members (excludes halogenated alkanes) is 23. The Kier molecular flexibility index (Phi) is 40.4. The fraction of sp³-hybridized carbons (Fsp3) is 0.893. The van der Waals surface area contributed by atoms with Crippen LogP contribution in [0.5, 0.6) is 0 Å². The van der Waals surface area contributed by atoms with E-state index in [1.165, 1.54) is 64.2 Å². The Morgan fingerprint density at radius 3 is 1.55 bits per heavy atom. The van der Waals surface area contributed by atoms with Gasteiger partial charge in [-0.15, -0.1) is 0 Å². The van der Waals surface area contributed by atoms with Crippen molar-refractivity contribution in [3.63, 3.8) is 0 Å². The lowest BCUT2D eigenvalue weighted by molar-refractivity contribution is -0.172. The SMILES string of the molecule is CCCCCCCCC(CCCCCCCC)OC(=O)CCCCCCCN(CCCCCCC(C)(C(=O)OCCCCCC)C(=O)OCCCCCC)CCCNC1=C(NC)COCC1=O. The molecular formula is C56H105N3O8. The van der Waals surface area contributed by atoms with Gasteiger partial charge in [0.2, 0.25) is 5.78 Å². The molecule has 0 saturated carbocycles. The molecule has 0 amide bonds. The van der Waals surface area contributed by atoms with E-state index in [1.54, 1.807) is 6.92 Å². The number of nitrogens with zero attached hydrogens (tertiary/aromatic N) is 1. The number of hydrogen-bond acceptors (Lipinski definition) is 11. The number of carbonyl (C=O) groups is 4. The predicted octanol–water partition coefficient (Wildman–Crippen LogP) is 13.3. The van der Waals surface area contributed by atoms with Gasteiger partial charge < -0.3 is 34.5 Å². The highest BCUT2D eigenvalue weighted by atomic mass is 16.6. The quantitative estimate of drug-likeness (QED) is 0.0261. The van der Waals surface area contributed by atoms with Gasteiger partial charge in [0.15, 0.2) is 5.41 Å². The summed E-state index contributed by atoms with van der Waals surface area (Å²) in [5.41, 5.74) is 0.161. The molecule has 0 bridgehead atoms. The summed E-state index contributed by atoms with van der Waals surface area (Å²) in [6, 6.07) is 0. The number of ketones is 1. The second-order valence-electron chi connectivity index (χ2n) is 19.8. The van der Waals surface area contributed by atoms with Crippen molar-refractivity contribution >= 4 is 23.7 Å². The van der Waals surface area contributed by atoms with Gasteiger partial charge in [0, 0.05) is 20.0 Å². The molecule has 11 heteroatoms. The normalized spacial score (nSPS) is 13.2. The summed E-state index contributed by atoms with van der Waals surface area (Å²) in [6.07, 6.45) is 36.1. The highest BCUT2D eigenvalue weighted by Crippen LogP contribution is 2.29. The van der Waals surface area contributed by atoms with Crippen molar-refractivity contribution in [2.75, 3.05) is 59.7 Å². The molecule has 67 heavy (non-hydrogen) atoms. The molecule has 11 nitrogen and oxygen atoms in total. The number of carbonyl (C=O) groups excluding carboxylic acids is 4. The maximum absolute atomic E-state index is 13.4. The third-order valence-corrected chi connectivity index (χ3v) is 13.5. The molecule has 0 radical (unpaired) electrons. The second kappa shape index (κ2) is 43.4. The summed E-state index contributed by atoms with van der Waals surface area (Å²) in [4.78, 5) is 54.7. The van der Waals surface area contributed by atoms with E-state index < -0.39 is 17.4 Å². The Labute approximate surface area is 411 Å². The van der Waals surface area contributed by atoms with Crippen LogP contribution in [0.2, 0.25) is 0 Å². The zero-order chi connectivity index (χ0) is 49.1. The molecule has 1 heterocycles. The van der Waals surface area contributed by atoms with Crippen LogP contribution < -0.4 is 10.6 Å². The molecule has 0 spiro atoms. The zero-order valence-electron chi connectivity index (χ0n) is 44.5. The number of rotatable bonds is 48. The largest absolute Gasteiger partial charge is 0.465 e. The number of hydrogen-bond donors (Lipinski definition) is 2. The van der Waals surface area contributed by atoms with Crippen LogP contribution in [0.3, 0.4) is 0 Å². The van der Waals surface area contributed by atoms with Gasteiger partial charge >= 0.3 is 17.9 Å². The van der Waals surface area contributed by atoms with E-state index in [0.29, 0.717) is 44.9 Å². The minimum Gasteiger partial charge on any atom is -0.465 e. The first-order valence-corrected chi connectivity index (χ1v) is 28.2. The Hall–Kier alpha value is -2.66. The average molecular weight is 948 g/mol. The molecule has 392 valence electrons. The molecule has 0 unspecified atom stereocenters. The lowest BCUT2D eigenvalue weighted by Gasteiger charge is -2.26. The standard InChI is InChI=1S/C56H105N3O8/c1-7-11-15-19-22-28-37-49(38-29-23-20-16-12-8-2)67-52(61)39-30-24-21-26-32-42-59(44-36-41-58-53-50(57-6)47-64-48-51(53)60)43-33-27-25-31-40-56(5,54(62)65-45-34-17-13-9-3)55(63)66-46-35-18-14-10-4/h49,57-58H,7-48H2,1-6H3. The molecule has 0 aromatic rings. The zero-order valence-corrected chi connectivity index (χ0v) is 44.5. The Balaban J connectivity index is 2.67. The van der Waals surface area contributed by atoms with Gasteiger partial charge in [-0.25, -0.2) is 0 Å². The van der Waals surface area contributed by atoms with Crippen molar-refractivity contribution in [3.8, 4) is 0 Å². The van der Waals surface area contributed by atoms with Crippen LogP contribution >= 0.6 is 0 Å². The summed E-state index contributed by atoms with van der Waals surface area (Å²) in [7, 11) is 1.82. The molecule has 0 atom stereocenters. The summed E-state index contributed by atoms with van der Waals surface area (Å²) in [5.74, 6) is -0.928. The molecule has 1 aliphatic heterocycles. The molecule has 0 aromatic heterocycles. The molecule has 0 saturated heterocycles.